The van der Waals surface area contributed by atoms with Crippen molar-refractivity contribution in [3.63, 3.8) is 0 Å². The minimum absolute atomic E-state index is 0.0682. The van der Waals surface area contributed by atoms with E-state index in [-0.39, 0.29) is 24.3 Å². The lowest BCUT2D eigenvalue weighted by Gasteiger charge is -2.14. The summed E-state index contributed by atoms with van der Waals surface area (Å²) in [5.74, 6) is 7.50. The van der Waals surface area contributed by atoms with Crippen LogP contribution in [-0.4, -0.2) is 26.5 Å². The van der Waals surface area contributed by atoms with Crippen molar-refractivity contribution < 1.29 is 9.53 Å². The van der Waals surface area contributed by atoms with E-state index in [1.54, 1.807) is 0 Å². The number of hydrogen-bond acceptors (Lipinski definition) is 6. The summed E-state index contributed by atoms with van der Waals surface area (Å²) in [7, 11) is 0. The lowest BCUT2D eigenvalue weighted by molar-refractivity contribution is -0.119. The molecule has 29 heavy (non-hydrogen) atoms. The van der Waals surface area contributed by atoms with Gasteiger partial charge in [-0.3, -0.25) is 4.79 Å². The average molecular weight is 412 g/mol. The summed E-state index contributed by atoms with van der Waals surface area (Å²) in [6.45, 7) is 6.14. The molecule has 7 nitrogen and oxygen atoms in total. The van der Waals surface area contributed by atoms with Crippen LogP contribution >= 0.6 is 11.8 Å². The molecule has 8 heteroatoms. The third kappa shape index (κ3) is 5.29. The van der Waals surface area contributed by atoms with Crippen LogP contribution in [0.2, 0.25) is 0 Å². The fourth-order valence-electron chi connectivity index (χ4n) is 2.91. The number of nitrogen functional groups attached to an aromatic ring is 1. The first-order valence-corrected chi connectivity index (χ1v) is 10.3. The quantitative estimate of drug-likeness (QED) is 0.437. The van der Waals surface area contributed by atoms with Gasteiger partial charge in [0.1, 0.15) is 12.4 Å². The molecule has 3 aromatic rings. The summed E-state index contributed by atoms with van der Waals surface area (Å²) >= 11 is 1.24. The van der Waals surface area contributed by atoms with Gasteiger partial charge in [-0.25, -0.2) is 4.68 Å². The van der Waals surface area contributed by atoms with Gasteiger partial charge >= 0.3 is 0 Å². The Hall–Kier alpha value is -3.00. The number of benzene rings is 2. The van der Waals surface area contributed by atoms with Crippen LogP contribution in [0.1, 0.15) is 35.5 Å². The van der Waals surface area contributed by atoms with Crippen LogP contribution in [0.15, 0.2) is 53.7 Å². The van der Waals surface area contributed by atoms with Crippen molar-refractivity contribution in [1.82, 2.24) is 20.2 Å². The molecular weight excluding hydrogens is 386 g/mol. The first-order chi connectivity index (χ1) is 14.0. The lowest BCUT2D eigenvalue weighted by atomic mass is 10.1. The van der Waals surface area contributed by atoms with Gasteiger partial charge in [-0.15, -0.1) is 10.2 Å². The second-order valence-corrected chi connectivity index (χ2v) is 7.71. The van der Waals surface area contributed by atoms with Crippen molar-refractivity contribution in [1.29, 1.82) is 0 Å². The molecule has 0 aliphatic heterocycles. The van der Waals surface area contributed by atoms with Crippen LogP contribution in [-0.2, 0) is 11.4 Å². The summed E-state index contributed by atoms with van der Waals surface area (Å²) in [5, 5.41) is 11.6. The average Bonchev–Trinajstić information content (AvgIpc) is 3.06. The summed E-state index contributed by atoms with van der Waals surface area (Å²) in [6.07, 6.45) is 0. The highest BCUT2D eigenvalue weighted by atomic mass is 32.2. The van der Waals surface area contributed by atoms with Gasteiger partial charge in [-0.05, 0) is 37.5 Å². The van der Waals surface area contributed by atoms with Gasteiger partial charge in [0.15, 0.2) is 5.82 Å². The minimum atomic E-state index is -0.0947. The fraction of sp³-hybridized carbons (Fsp3) is 0.286. The molecule has 1 aromatic heterocycles. The maximum absolute atomic E-state index is 12.2. The number of carbonyl (C=O) groups is 1. The van der Waals surface area contributed by atoms with E-state index in [4.69, 9.17) is 10.6 Å². The molecule has 0 saturated heterocycles. The molecule has 0 spiro atoms. The lowest BCUT2D eigenvalue weighted by Crippen LogP contribution is -2.28. The number of nitrogens with one attached hydrogen (secondary N) is 1. The first kappa shape index (κ1) is 20.7. The van der Waals surface area contributed by atoms with Crippen LogP contribution < -0.4 is 15.9 Å². The predicted octanol–water partition coefficient (Wildman–Crippen LogP) is 3.16. The topological polar surface area (TPSA) is 95.1 Å². The summed E-state index contributed by atoms with van der Waals surface area (Å²) in [6, 6.07) is 15.7. The molecule has 3 rings (SSSR count). The van der Waals surface area contributed by atoms with Gasteiger partial charge in [0.05, 0.1) is 11.8 Å². The van der Waals surface area contributed by atoms with Crippen molar-refractivity contribution in [3.8, 4) is 5.75 Å². The van der Waals surface area contributed by atoms with Crippen LogP contribution in [0, 0.1) is 13.8 Å². The number of rotatable bonds is 8. The number of ether oxygens (including phenoxy) is 1. The van der Waals surface area contributed by atoms with Gasteiger partial charge in [0, 0.05) is 0 Å². The predicted molar refractivity (Wildman–Crippen MR) is 114 cm³/mol. The number of para-hydroxylation sites is 1. The number of amides is 1. The highest BCUT2D eigenvalue weighted by Crippen LogP contribution is 2.23. The second kappa shape index (κ2) is 9.47. The molecule has 1 amide bonds. The normalized spacial score (nSPS) is 11.8. The molecule has 1 heterocycles. The Labute approximate surface area is 174 Å². The van der Waals surface area contributed by atoms with Crippen molar-refractivity contribution in [3.05, 3.63) is 71.0 Å². The highest BCUT2D eigenvalue weighted by Gasteiger charge is 2.15. The molecular formula is C21H25N5O2S. The van der Waals surface area contributed by atoms with Gasteiger partial charge in [0.25, 0.3) is 0 Å². The third-order valence-corrected chi connectivity index (χ3v) is 5.44. The van der Waals surface area contributed by atoms with Crippen LogP contribution in [0.3, 0.4) is 0 Å². The number of hydrogen-bond donors (Lipinski definition) is 2. The van der Waals surface area contributed by atoms with E-state index in [1.165, 1.54) is 16.4 Å². The molecule has 1 unspecified atom stereocenters. The number of nitrogens with zero attached hydrogens (tertiary/aromatic N) is 3. The Kier molecular flexibility index (Phi) is 6.77. The van der Waals surface area contributed by atoms with Gasteiger partial charge in [-0.2, -0.15) is 0 Å². The molecule has 0 saturated carbocycles. The van der Waals surface area contributed by atoms with E-state index in [2.05, 4.69) is 15.5 Å². The van der Waals surface area contributed by atoms with E-state index in [0.29, 0.717) is 11.0 Å². The van der Waals surface area contributed by atoms with Crippen LogP contribution in [0.4, 0.5) is 0 Å². The smallest absolute Gasteiger partial charge is 0.230 e. The van der Waals surface area contributed by atoms with Crippen LogP contribution in [0.5, 0.6) is 5.75 Å². The third-order valence-electron chi connectivity index (χ3n) is 4.50. The van der Waals surface area contributed by atoms with Crippen LogP contribution in [0.25, 0.3) is 0 Å². The standard InChI is InChI=1S/C21H25N5O2S/c1-14-8-7-9-15(2)20(14)28-12-18-24-25-21(26(18)22)29-13-19(27)23-16(3)17-10-5-4-6-11-17/h4-11,16H,12-13,22H2,1-3H3,(H,23,27). The van der Waals surface area contributed by atoms with E-state index in [0.717, 1.165) is 22.4 Å². The maximum atomic E-state index is 12.2. The fourth-order valence-corrected chi connectivity index (χ4v) is 3.59. The van der Waals surface area contributed by atoms with E-state index < -0.39 is 0 Å². The maximum Gasteiger partial charge on any atom is 0.230 e. The minimum Gasteiger partial charge on any atom is -0.485 e. The van der Waals surface area contributed by atoms with E-state index in [9.17, 15) is 4.79 Å². The number of nitrogens with two attached hydrogens (primary N) is 1. The monoisotopic (exact) mass is 411 g/mol. The molecule has 2 aromatic carbocycles. The zero-order valence-corrected chi connectivity index (χ0v) is 17.6. The SMILES string of the molecule is Cc1cccc(C)c1OCc1nnc(SCC(=O)NC(C)c2ccccc2)n1N. The number of aromatic nitrogens is 3. The summed E-state index contributed by atoms with van der Waals surface area (Å²) < 4.78 is 7.25. The zero-order chi connectivity index (χ0) is 20.8. The molecule has 0 radical (unpaired) electrons. The Morgan fingerprint density at radius 1 is 1.14 bits per heavy atom. The molecule has 0 bridgehead atoms. The zero-order valence-electron chi connectivity index (χ0n) is 16.8. The largest absolute Gasteiger partial charge is 0.485 e. The Morgan fingerprint density at radius 3 is 2.52 bits per heavy atom. The Morgan fingerprint density at radius 2 is 1.83 bits per heavy atom. The Bertz CT molecular complexity index is 954. The van der Waals surface area contributed by atoms with Crippen molar-refractivity contribution in [2.75, 3.05) is 11.6 Å². The first-order valence-electron chi connectivity index (χ1n) is 9.31. The van der Waals surface area contributed by atoms with E-state index in [1.807, 2.05) is 69.3 Å². The molecule has 0 aliphatic carbocycles. The highest BCUT2D eigenvalue weighted by molar-refractivity contribution is 7.99. The second-order valence-electron chi connectivity index (χ2n) is 6.77. The molecule has 0 fully saturated rings. The van der Waals surface area contributed by atoms with Crippen molar-refractivity contribution >= 4 is 17.7 Å². The van der Waals surface area contributed by atoms with Gasteiger partial charge in [-0.1, -0.05) is 60.3 Å². The Balaban J connectivity index is 1.53. The molecule has 0 aliphatic rings. The van der Waals surface area contributed by atoms with Crippen molar-refractivity contribution in [2.45, 2.75) is 38.6 Å². The number of thioether (sulfide) groups is 1. The molecule has 152 valence electrons. The summed E-state index contributed by atoms with van der Waals surface area (Å²) in [5.41, 5.74) is 3.15. The van der Waals surface area contributed by atoms with Crippen molar-refractivity contribution in [2.24, 2.45) is 0 Å². The van der Waals surface area contributed by atoms with Gasteiger partial charge in [0.2, 0.25) is 11.1 Å². The van der Waals surface area contributed by atoms with Gasteiger partial charge < -0.3 is 15.9 Å². The molecule has 1 atom stereocenters. The number of carbonyl (C=O) groups excluding carboxylic acids is 1. The van der Waals surface area contributed by atoms with E-state index >= 15 is 0 Å². The number of aryl methyl sites for hydroxylation is 2. The molecule has 3 N–H and O–H groups in total. The summed E-state index contributed by atoms with van der Waals surface area (Å²) in [4.78, 5) is 12.2.